The molecule has 4 heteroatoms. The summed E-state index contributed by atoms with van der Waals surface area (Å²) in [5.41, 5.74) is 4.10. The second-order valence-corrected chi connectivity index (χ2v) is 6.51. The van der Waals surface area contributed by atoms with Gasteiger partial charge < -0.3 is 14.8 Å². The number of hydrogen-bond donors (Lipinski definition) is 1. The average Bonchev–Trinajstić information content (AvgIpc) is 3.16. The lowest BCUT2D eigenvalue weighted by Gasteiger charge is -2.38. The predicted molar refractivity (Wildman–Crippen MR) is 97.1 cm³/mol. The van der Waals surface area contributed by atoms with Gasteiger partial charge in [-0.05, 0) is 41.7 Å². The van der Waals surface area contributed by atoms with E-state index in [9.17, 15) is 4.79 Å². The van der Waals surface area contributed by atoms with Gasteiger partial charge in [-0.25, -0.2) is 4.79 Å². The molecule has 1 heterocycles. The Morgan fingerprint density at radius 3 is 2.64 bits per heavy atom. The Kier molecular flexibility index (Phi) is 3.96. The highest BCUT2D eigenvalue weighted by Gasteiger charge is 2.38. The Labute approximate surface area is 147 Å². The van der Waals surface area contributed by atoms with Crippen molar-refractivity contribution in [1.29, 1.82) is 0 Å². The summed E-state index contributed by atoms with van der Waals surface area (Å²) < 4.78 is 10.3. The van der Waals surface area contributed by atoms with Gasteiger partial charge in [0.15, 0.2) is 0 Å². The molecule has 0 fully saturated rings. The monoisotopic (exact) mass is 335 g/mol. The molecule has 0 aromatic heterocycles. The fourth-order valence-corrected chi connectivity index (χ4v) is 4.04. The number of carbonyl (C=O) groups excluding carboxylic acids is 1. The van der Waals surface area contributed by atoms with Crippen LogP contribution in [0.3, 0.4) is 0 Å². The summed E-state index contributed by atoms with van der Waals surface area (Å²) in [5.74, 6) is 1.41. The van der Waals surface area contributed by atoms with E-state index < -0.39 is 0 Å². The van der Waals surface area contributed by atoms with Crippen molar-refractivity contribution in [3.63, 3.8) is 0 Å². The van der Waals surface area contributed by atoms with Crippen molar-refractivity contribution in [1.82, 2.24) is 0 Å². The van der Waals surface area contributed by atoms with Gasteiger partial charge in [-0.15, -0.1) is 0 Å². The minimum absolute atomic E-state index is 0.176. The molecule has 1 N–H and O–H groups in total. The van der Waals surface area contributed by atoms with E-state index in [0.29, 0.717) is 17.4 Å². The molecule has 2 aromatic rings. The Bertz CT molecular complexity index is 826. The molecule has 0 spiro atoms. The van der Waals surface area contributed by atoms with Crippen LogP contribution >= 0.6 is 0 Å². The van der Waals surface area contributed by atoms with Gasteiger partial charge >= 0.3 is 5.97 Å². The SMILES string of the molecule is COC(=O)c1ccc([C@@H]2Nc3c(OC)cccc3[C@H]3C=CC[C@@H]32)cc1. The van der Waals surface area contributed by atoms with Gasteiger partial charge in [0.2, 0.25) is 0 Å². The molecule has 128 valence electrons. The number of anilines is 1. The van der Waals surface area contributed by atoms with Crippen LogP contribution < -0.4 is 10.1 Å². The molecule has 2 aromatic carbocycles. The first-order chi connectivity index (χ1) is 12.2. The summed E-state index contributed by atoms with van der Waals surface area (Å²) in [6, 6.07) is 14.1. The molecule has 25 heavy (non-hydrogen) atoms. The molecule has 3 atom stereocenters. The third-order valence-electron chi connectivity index (χ3n) is 5.27. The van der Waals surface area contributed by atoms with Gasteiger partial charge in [-0.2, -0.15) is 0 Å². The Balaban J connectivity index is 1.72. The molecule has 0 bridgehead atoms. The molecule has 0 saturated heterocycles. The number of para-hydroxylation sites is 1. The first-order valence-corrected chi connectivity index (χ1v) is 8.51. The summed E-state index contributed by atoms with van der Waals surface area (Å²) in [6.45, 7) is 0. The third-order valence-corrected chi connectivity index (χ3v) is 5.27. The van der Waals surface area contributed by atoms with E-state index in [4.69, 9.17) is 9.47 Å². The number of allylic oxidation sites excluding steroid dienone is 2. The number of fused-ring (bicyclic) bond motifs is 3. The predicted octanol–water partition coefficient (Wildman–Crippen LogP) is 4.31. The zero-order chi connectivity index (χ0) is 17.4. The van der Waals surface area contributed by atoms with E-state index in [2.05, 4.69) is 23.5 Å². The van der Waals surface area contributed by atoms with Crippen molar-refractivity contribution in [2.75, 3.05) is 19.5 Å². The van der Waals surface area contributed by atoms with Crippen LogP contribution in [0.4, 0.5) is 5.69 Å². The van der Waals surface area contributed by atoms with Crippen LogP contribution in [0.15, 0.2) is 54.6 Å². The maximum atomic E-state index is 11.7. The molecule has 2 aliphatic rings. The van der Waals surface area contributed by atoms with Crippen LogP contribution in [0.2, 0.25) is 0 Å². The van der Waals surface area contributed by atoms with Gasteiger partial charge in [0.05, 0.1) is 31.5 Å². The normalized spacial score (nSPS) is 23.4. The van der Waals surface area contributed by atoms with Gasteiger partial charge in [-0.3, -0.25) is 0 Å². The van der Waals surface area contributed by atoms with E-state index in [1.54, 1.807) is 7.11 Å². The molecule has 4 nitrogen and oxygen atoms in total. The van der Waals surface area contributed by atoms with Crippen molar-refractivity contribution in [2.45, 2.75) is 18.4 Å². The third kappa shape index (κ3) is 2.58. The first-order valence-electron chi connectivity index (χ1n) is 8.51. The Hall–Kier alpha value is -2.75. The average molecular weight is 335 g/mol. The maximum Gasteiger partial charge on any atom is 0.337 e. The van der Waals surface area contributed by atoms with Gasteiger partial charge in [-0.1, -0.05) is 36.4 Å². The van der Waals surface area contributed by atoms with E-state index in [-0.39, 0.29) is 12.0 Å². The summed E-state index contributed by atoms with van der Waals surface area (Å²) >= 11 is 0. The van der Waals surface area contributed by atoms with Crippen LogP contribution in [0, 0.1) is 5.92 Å². The molecule has 4 rings (SSSR count). The standard InChI is InChI=1S/C21H21NO3/c1-24-18-8-4-7-17-15-5-3-6-16(15)19(22-20(17)18)13-9-11-14(12-10-13)21(23)25-2/h3-5,7-12,15-16,19,22H,6H2,1-2H3/t15-,16-,19-/m0/s1. The number of carbonyl (C=O) groups is 1. The number of nitrogens with one attached hydrogen (secondary N) is 1. The topological polar surface area (TPSA) is 47.6 Å². The van der Waals surface area contributed by atoms with Crippen LogP contribution in [0.25, 0.3) is 0 Å². The molecule has 1 aliphatic carbocycles. The number of ether oxygens (including phenoxy) is 2. The molecular formula is C21H21NO3. The number of hydrogen-bond acceptors (Lipinski definition) is 4. The molecule has 0 unspecified atom stereocenters. The maximum absolute atomic E-state index is 11.7. The van der Waals surface area contributed by atoms with Crippen molar-refractivity contribution < 1.29 is 14.3 Å². The molecule has 0 saturated carbocycles. The summed E-state index contributed by atoms with van der Waals surface area (Å²) in [5, 5.41) is 3.69. The van der Waals surface area contributed by atoms with Crippen molar-refractivity contribution in [3.8, 4) is 5.75 Å². The summed E-state index contributed by atoms with van der Waals surface area (Å²) in [4.78, 5) is 11.7. The number of rotatable bonds is 3. The van der Waals surface area contributed by atoms with E-state index in [0.717, 1.165) is 17.9 Å². The molecule has 1 aliphatic heterocycles. The van der Waals surface area contributed by atoms with E-state index in [1.165, 1.54) is 18.2 Å². The number of benzene rings is 2. The molecule has 0 amide bonds. The van der Waals surface area contributed by atoms with Crippen LogP contribution in [0.5, 0.6) is 5.75 Å². The van der Waals surface area contributed by atoms with Gasteiger partial charge in [0, 0.05) is 5.92 Å². The second kappa shape index (κ2) is 6.28. The molecule has 0 radical (unpaired) electrons. The number of esters is 1. The first kappa shape index (κ1) is 15.8. The second-order valence-electron chi connectivity index (χ2n) is 6.51. The minimum atomic E-state index is -0.310. The van der Waals surface area contributed by atoms with Crippen LogP contribution in [-0.4, -0.2) is 20.2 Å². The number of methoxy groups -OCH3 is 2. The smallest absolute Gasteiger partial charge is 0.337 e. The van der Waals surface area contributed by atoms with Crippen LogP contribution in [0.1, 0.15) is 39.9 Å². The van der Waals surface area contributed by atoms with Crippen molar-refractivity contribution >= 4 is 11.7 Å². The largest absolute Gasteiger partial charge is 0.495 e. The van der Waals surface area contributed by atoms with Crippen LogP contribution in [-0.2, 0) is 4.74 Å². The molecular weight excluding hydrogens is 314 g/mol. The van der Waals surface area contributed by atoms with Gasteiger partial charge in [0.1, 0.15) is 5.75 Å². The highest BCUT2D eigenvalue weighted by Crippen LogP contribution is 2.52. The highest BCUT2D eigenvalue weighted by atomic mass is 16.5. The fourth-order valence-electron chi connectivity index (χ4n) is 4.04. The summed E-state index contributed by atoms with van der Waals surface area (Å²) in [6.07, 6.45) is 5.61. The van der Waals surface area contributed by atoms with Gasteiger partial charge in [0.25, 0.3) is 0 Å². The summed E-state index contributed by atoms with van der Waals surface area (Å²) in [7, 11) is 3.10. The minimum Gasteiger partial charge on any atom is -0.495 e. The lowest BCUT2D eigenvalue weighted by Crippen LogP contribution is -2.29. The zero-order valence-electron chi connectivity index (χ0n) is 14.4. The van der Waals surface area contributed by atoms with Crippen molar-refractivity contribution in [3.05, 3.63) is 71.3 Å². The zero-order valence-corrected chi connectivity index (χ0v) is 14.4. The quantitative estimate of drug-likeness (QED) is 0.671. The van der Waals surface area contributed by atoms with E-state index >= 15 is 0 Å². The van der Waals surface area contributed by atoms with E-state index in [1.807, 2.05) is 36.4 Å². The lowest BCUT2D eigenvalue weighted by molar-refractivity contribution is 0.0600. The Morgan fingerprint density at radius 2 is 1.92 bits per heavy atom. The fraction of sp³-hybridized carbons (Fsp3) is 0.286. The highest BCUT2D eigenvalue weighted by molar-refractivity contribution is 5.89. The van der Waals surface area contributed by atoms with Crippen molar-refractivity contribution in [2.24, 2.45) is 5.92 Å². The lowest BCUT2D eigenvalue weighted by atomic mass is 9.77. The Morgan fingerprint density at radius 1 is 1.12 bits per heavy atom.